The molecular formula is C9H16NO4-. The molecule has 0 amide bonds. The van der Waals surface area contributed by atoms with E-state index >= 15 is 0 Å². The number of carbonyl (C=O) groups is 2. The zero-order chi connectivity index (χ0) is 11.4. The summed E-state index contributed by atoms with van der Waals surface area (Å²) >= 11 is 0. The molecule has 0 aromatic carbocycles. The van der Waals surface area contributed by atoms with Crippen LogP contribution in [0, 0.1) is 5.41 Å². The van der Waals surface area contributed by atoms with Gasteiger partial charge in [0.1, 0.15) is 0 Å². The molecule has 0 aromatic rings. The summed E-state index contributed by atoms with van der Waals surface area (Å²) in [6.45, 7) is 5.54. The fourth-order valence-electron chi connectivity index (χ4n) is 1.21. The second-order valence-electron chi connectivity index (χ2n) is 4.47. The summed E-state index contributed by atoms with van der Waals surface area (Å²) in [5.74, 6) is -2.29. The van der Waals surface area contributed by atoms with Gasteiger partial charge in [-0.05, 0) is 5.41 Å². The van der Waals surface area contributed by atoms with Gasteiger partial charge in [-0.1, -0.05) is 20.8 Å². The number of carboxylic acid groups (broad SMARTS) is 2. The molecule has 5 heteroatoms. The molecule has 0 radical (unpaired) electrons. The second kappa shape index (κ2) is 4.95. The molecule has 1 N–H and O–H groups in total. The van der Waals surface area contributed by atoms with E-state index in [4.69, 9.17) is 5.11 Å². The lowest BCUT2D eigenvalue weighted by molar-refractivity contribution is -0.306. The molecular weight excluding hydrogens is 186 g/mol. The highest BCUT2D eigenvalue weighted by molar-refractivity contribution is 5.71. The maximum Gasteiger partial charge on any atom is 0.317 e. The van der Waals surface area contributed by atoms with Crippen LogP contribution < -0.4 is 5.11 Å². The van der Waals surface area contributed by atoms with Gasteiger partial charge in [0.25, 0.3) is 0 Å². The summed E-state index contributed by atoms with van der Waals surface area (Å²) in [5, 5.41) is 18.9. The van der Waals surface area contributed by atoms with Gasteiger partial charge in [-0.25, -0.2) is 0 Å². The van der Waals surface area contributed by atoms with Crippen molar-refractivity contribution in [1.29, 1.82) is 0 Å². The Kier molecular flexibility index (Phi) is 4.56. The van der Waals surface area contributed by atoms with Crippen LogP contribution >= 0.6 is 0 Å². The van der Waals surface area contributed by atoms with E-state index in [0.29, 0.717) is 6.54 Å². The SMILES string of the molecule is CC(C)(C)CN(CC(=O)[O-])CC(=O)O. The van der Waals surface area contributed by atoms with Crippen molar-refractivity contribution in [3.8, 4) is 0 Å². The van der Waals surface area contributed by atoms with Gasteiger partial charge in [-0.15, -0.1) is 0 Å². The Bertz CT molecular complexity index is 203. The Morgan fingerprint density at radius 3 is 2.07 bits per heavy atom. The highest BCUT2D eigenvalue weighted by Crippen LogP contribution is 2.14. The van der Waals surface area contributed by atoms with Crippen LogP contribution in [0.2, 0.25) is 0 Å². The van der Waals surface area contributed by atoms with Crippen LogP contribution in [0.15, 0.2) is 0 Å². The van der Waals surface area contributed by atoms with Crippen LogP contribution in [0.1, 0.15) is 20.8 Å². The van der Waals surface area contributed by atoms with E-state index in [1.54, 1.807) is 0 Å². The van der Waals surface area contributed by atoms with Crippen molar-refractivity contribution in [1.82, 2.24) is 4.90 Å². The summed E-state index contributed by atoms with van der Waals surface area (Å²) in [6.07, 6.45) is 0. The number of carboxylic acids is 2. The molecule has 0 aromatic heterocycles. The van der Waals surface area contributed by atoms with Gasteiger partial charge < -0.3 is 15.0 Å². The van der Waals surface area contributed by atoms with Gasteiger partial charge in [0.2, 0.25) is 0 Å². The van der Waals surface area contributed by atoms with Gasteiger partial charge in [0, 0.05) is 13.1 Å². The predicted molar refractivity (Wildman–Crippen MR) is 48.5 cm³/mol. The van der Waals surface area contributed by atoms with Crippen molar-refractivity contribution in [2.24, 2.45) is 5.41 Å². The van der Waals surface area contributed by atoms with Crippen LogP contribution in [0.4, 0.5) is 0 Å². The highest BCUT2D eigenvalue weighted by atomic mass is 16.4. The predicted octanol–water partition coefficient (Wildman–Crippen LogP) is -0.831. The van der Waals surface area contributed by atoms with Crippen molar-refractivity contribution in [3.63, 3.8) is 0 Å². The number of aliphatic carboxylic acids is 2. The van der Waals surface area contributed by atoms with E-state index < -0.39 is 11.9 Å². The molecule has 14 heavy (non-hydrogen) atoms. The Hall–Kier alpha value is -1.10. The lowest BCUT2D eigenvalue weighted by atomic mass is 9.96. The maximum atomic E-state index is 10.4. The van der Waals surface area contributed by atoms with Crippen molar-refractivity contribution in [2.75, 3.05) is 19.6 Å². The van der Waals surface area contributed by atoms with E-state index in [-0.39, 0.29) is 18.5 Å². The van der Waals surface area contributed by atoms with Gasteiger partial charge in [0.15, 0.2) is 0 Å². The van der Waals surface area contributed by atoms with E-state index in [1.165, 1.54) is 4.90 Å². The Balaban J connectivity index is 4.24. The fraction of sp³-hybridized carbons (Fsp3) is 0.778. The Morgan fingerprint density at radius 2 is 1.79 bits per heavy atom. The molecule has 0 aliphatic heterocycles. The summed E-state index contributed by atoms with van der Waals surface area (Å²) in [4.78, 5) is 22.1. The number of nitrogens with zero attached hydrogens (tertiary/aromatic N) is 1. The molecule has 0 rings (SSSR count). The highest BCUT2D eigenvalue weighted by Gasteiger charge is 2.18. The third kappa shape index (κ3) is 7.54. The molecule has 5 nitrogen and oxygen atoms in total. The minimum absolute atomic E-state index is 0.134. The Labute approximate surface area is 83.3 Å². The van der Waals surface area contributed by atoms with Crippen LogP contribution in [-0.4, -0.2) is 41.6 Å². The molecule has 0 aliphatic carbocycles. The van der Waals surface area contributed by atoms with Crippen molar-refractivity contribution in [2.45, 2.75) is 20.8 Å². The van der Waals surface area contributed by atoms with Crippen LogP contribution in [0.3, 0.4) is 0 Å². The third-order valence-corrected chi connectivity index (χ3v) is 1.41. The summed E-state index contributed by atoms with van der Waals surface area (Å²) in [5.41, 5.74) is -0.134. The van der Waals surface area contributed by atoms with Crippen LogP contribution in [0.25, 0.3) is 0 Å². The van der Waals surface area contributed by atoms with Gasteiger partial charge in [0.05, 0.1) is 12.5 Å². The minimum atomic E-state index is -1.25. The summed E-state index contributed by atoms with van der Waals surface area (Å²) in [7, 11) is 0. The standard InChI is InChI=1S/C9H17NO4/c1-9(2,3)6-10(4-7(11)12)5-8(13)14/h4-6H2,1-3H3,(H,11,12)(H,13,14)/p-1. The van der Waals surface area contributed by atoms with E-state index in [2.05, 4.69) is 0 Å². The molecule has 0 heterocycles. The van der Waals surface area contributed by atoms with E-state index in [0.717, 1.165) is 0 Å². The quantitative estimate of drug-likeness (QED) is 0.629. The molecule has 0 atom stereocenters. The topological polar surface area (TPSA) is 80.7 Å². The lowest BCUT2D eigenvalue weighted by Gasteiger charge is -2.28. The molecule has 0 saturated carbocycles. The largest absolute Gasteiger partial charge is 0.549 e. The number of carbonyl (C=O) groups excluding carboxylic acids is 1. The first-order valence-electron chi connectivity index (χ1n) is 4.35. The van der Waals surface area contributed by atoms with E-state index in [1.807, 2.05) is 20.8 Å². The van der Waals surface area contributed by atoms with Crippen molar-refractivity contribution < 1.29 is 19.8 Å². The number of hydrogen-bond donors (Lipinski definition) is 1. The number of rotatable bonds is 5. The summed E-state index contributed by atoms with van der Waals surface area (Å²) < 4.78 is 0. The molecule has 0 aliphatic rings. The fourth-order valence-corrected chi connectivity index (χ4v) is 1.21. The first kappa shape index (κ1) is 12.9. The zero-order valence-electron chi connectivity index (χ0n) is 8.74. The number of hydrogen-bond acceptors (Lipinski definition) is 4. The first-order valence-corrected chi connectivity index (χ1v) is 4.35. The van der Waals surface area contributed by atoms with Gasteiger partial charge >= 0.3 is 5.97 Å². The molecule has 82 valence electrons. The third-order valence-electron chi connectivity index (χ3n) is 1.41. The molecule has 0 unspecified atom stereocenters. The van der Waals surface area contributed by atoms with Crippen LogP contribution in [-0.2, 0) is 9.59 Å². The first-order chi connectivity index (χ1) is 6.20. The summed E-state index contributed by atoms with van der Waals surface area (Å²) in [6, 6.07) is 0. The zero-order valence-corrected chi connectivity index (χ0v) is 8.74. The van der Waals surface area contributed by atoms with Crippen molar-refractivity contribution in [3.05, 3.63) is 0 Å². The smallest absolute Gasteiger partial charge is 0.317 e. The maximum absolute atomic E-state index is 10.4. The van der Waals surface area contributed by atoms with Crippen molar-refractivity contribution >= 4 is 11.9 Å². The monoisotopic (exact) mass is 202 g/mol. The molecule has 0 bridgehead atoms. The normalized spacial score (nSPS) is 11.7. The van der Waals surface area contributed by atoms with Gasteiger partial charge in [-0.2, -0.15) is 0 Å². The second-order valence-corrected chi connectivity index (χ2v) is 4.47. The molecule has 0 saturated heterocycles. The van der Waals surface area contributed by atoms with Gasteiger partial charge in [-0.3, -0.25) is 9.69 Å². The molecule has 0 spiro atoms. The Morgan fingerprint density at radius 1 is 1.29 bits per heavy atom. The minimum Gasteiger partial charge on any atom is -0.549 e. The van der Waals surface area contributed by atoms with Crippen LogP contribution in [0.5, 0.6) is 0 Å². The molecule has 0 fully saturated rings. The van der Waals surface area contributed by atoms with E-state index in [9.17, 15) is 14.7 Å². The average Bonchev–Trinajstić information content (AvgIpc) is 1.77. The average molecular weight is 202 g/mol. The lowest BCUT2D eigenvalue weighted by Crippen LogP contribution is -2.44.